The predicted molar refractivity (Wildman–Crippen MR) is 51.6 cm³/mol. The lowest BCUT2D eigenvalue weighted by molar-refractivity contribution is 1.11. The van der Waals surface area contributed by atoms with Crippen molar-refractivity contribution in [3.63, 3.8) is 0 Å². The van der Waals surface area contributed by atoms with Crippen molar-refractivity contribution in [3.8, 4) is 0 Å². The summed E-state index contributed by atoms with van der Waals surface area (Å²) in [6.07, 6.45) is 3.19. The van der Waals surface area contributed by atoms with Crippen LogP contribution in [0.5, 0.6) is 0 Å². The average Bonchev–Trinajstić information content (AvgIpc) is 2.17. The molecule has 2 atom stereocenters. The summed E-state index contributed by atoms with van der Waals surface area (Å²) in [6, 6.07) is 0. The van der Waals surface area contributed by atoms with Gasteiger partial charge in [-0.3, -0.25) is 0 Å². The molecule has 0 spiro atoms. The van der Waals surface area contributed by atoms with Gasteiger partial charge in [0, 0.05) is 17.3 Å². The molecule has 0 radical (unpaired) electrons. The number of hydrogen-bond acceptors (Lipinski definition) is 2. The van der Waals surface area contributed by atoms with Crippen molar-refractivity contribution in [1.82, 2.24) is 0 Å². The third kappa shape index (κ3) is 2.69. The summed E-state index contributed by atoms with van der Waals surface area (Å²) in [7, 11) is 0. The van der Waals surface area contributed by atoms with E-state index in [-0.39, 0.29) is 0 Å². The summed E-state index contributed by atoms with van der Waals surface area (Å²) in [4.78, 5) is 0. The van der Waals surface area contributed by atoms with Crippen LogP contribution in [0.4, 0.5) is 0 Å². The molecule has 54 valence electrons. The molecule has 0 aromatic carbocycles. The van der Waals surface area contributed by atoms with E-state index in [9.17, 15) is 0 Å². The maximum Gasteiger partial charge on any atom is 0.0163 e. The van der Waals surface area contributed by atoms with E-state index in [0.717, 1.165) is 5.25 Å². The Labute approximate surface area is 66.8 Å². The van der Waals surface area contributed by atoms with Crippen LogP contribution in [-0.4, -0.2) is 17.2 Å². The molecule has 0 N–H and O–H groups in total. The second kappa shape index (κ2) is 4.10. The van der Waals surface area contributed by atoms with Crippen molar-refractivity contribution in [3.05, 3.63) is 0 Å². The van der Waals surface area contributed by atoms with Crippen LogP contribution in [0.25, 0.3) is 0 Å². The van der Waals surface area contributed by atoms with Crippen molar-refractivity contribution in [1.29, 1.82) is 0 Å². The zero-order valence-electron chi connectivity index (χ0n) is 5.96. The molecule has 0 aromatic heterocycles. The molecule has 1 fully saturated rings. The minimum Gasteiger partial charge on any atom is -0.122 e. The van der Waals surface area contributed by atoms with Gasteiger partial charge in [0.05, 0.1) is 0 Å². The highest BCUT2D eigenvalue weighted by Crippen LogP contribution is 2.68. The SMILES string of the molecule is CCCP1SCC(C)S1. The van der Waals surface area contributed by atoms with E-state index in [0.29, 0.717) is 6.33 Å². The lowest BCUT2D eigenvalue weighted by Gasteiger charge is -2.04. The Hall–Kier alpha value is 1.13. The minimum absolute atomic E-state index is 0.349. The highest BCUT2D eigenvalue weighted by molar-refractivity contribution is 8.90. The van der Waals surface area contributed by atoms with Crippen LogP contribution >= 0.6 is 29.1 Å². The number of rotatable bonds is 2. The minimum atomic E-state index is 0.349. The monoisotopic (exact) mass is 180 g/mol. The van der Waals surface area contributed by atoms with Gasteiger partial charge < -0.3 is 0 Å². The van der Waals surface area contributed by atoms with Crippen LogP contribution in [0.3, 0.4) is 0 Å². The zero-order chi connectivity index (χ0) is 6.69. The number of hydrogen-bond donors (Lipinski definition) is 0. The Kier molecular flexibility index (Phi) is 3.75. The molecule has 2 unspecified atom stereocenters. The first-order chi connectivity index (χ1) is 4.33. The first-order valence-electron chi connectivity index (χ1n) is 3.40. The van der Waals surface area contributed by atoms with Gasteiger partial charge >= 0.3 is 0 Å². The molecule has 1 saturated heterocycles. The molecule has 1 heterocycles. The van der Waals surface area contributed by atoms with Gasteiger partial charge in [0.25, 0.3) is 0 Å². The van der Waals surface area contributed by atoms with Gasteiger partial charge in [-0.05, 0) is 6.16 Å². The second-order valence-electron chi connectivity index (χ2n) is 2.27. The van der Waals surface area contributed by atoms with Crippen LogP contribution in [0.1, 0.15) is 20.3 Å². The topological polar surface area (TPSA) is 0 Å². The third-order valence-corrected chi connectivity index (χ3v) is 9.79. The Morgan fingerprint density at radius 2 is 2.44 bits per heavy atom. The smallest absolute Gasteiger partial charge is 0.0163 e. The Balaban J connectivity index is 2.14. The molecule has 0 saturated carbocycles. The van der Waals surface area contributed by atoms with Gasteiger partial charge in [-0.2, -0.15) is 0 Å². The van der Waals surface area contributed by atoms with Crippen LogP contribution in [0.15, 0.2) is 0 Å². The maximum absolute atomic E-state index is 2.34. The van der Waals surface area contributed by atoms with Crippen LogP contribution in [0, 0.1) is 0 Å². The molecule has 1 aliphatic rings. The van der Waals surface area contributed by atoms with Crippen molar-refractivity contribution < 1.29 is 0 Å². The zero-order valence-corrected chi connectivity index (χ0v) is 8.49. The van der Waals surface area contributed by atoms with Crippen molar-refractivity contribution in [2.75, 3.05) is 11.9 Å². The van der Waals surface area contributed by atoms with E-state index in [1.165, 1.54) is 18.3 Å². The van der Waals surface area contributed by atoms with Crippen LogP contribution in [0.2, 0.25) is 0 Å². The fourth-order valence-electron chi connectivity index (χ4n) is 0.749. The molecular formula is C6H13PS2. The normalized spacial score (nSPS) is 35.3. The second-order valence-corrected chi connectivity index (χ2v) is 9.73. The first-order valence-corrected chi connectivity index (χ1v) is 8.00. The standard InChI is InChI=1S/C6H13PS2/c1-3-4-7-8-5-6(2)9-7/h6H,3-5H2,1-2H3. The van der Waals surface area contributed by atoms with Crippen molar-refractivity contribution in [2.24, 2.45) is 0 Å². The van der Waals surface area contributed by atoms with E-state index in [1.54, 1.807) is 0 Å². The molecule has 1 aliphatic heterocycles. The molecule has 1 rings (SSSR count). The summed E-state index contributed by atoms with van der Waals surface area (Å²) in [6.45, 7) is 4.63. The largest absolute Gasteiger partial charge is 0.122 e. The predicted octanol–water partition coefficient (Wildman–Crippen LogP) is 3.58. The van der Waals surface area contributed by atoms with Gasteiger partial charge in [-0.25, -0.2) is 0 Å². The molecule has 3 heteroatoms. The lowest BCUT2D eigenvalue weighted by Crippen LogP contribution is -1.88. The van der Waals surface area contributed by atoms with Crippen LogP contribution in [-0.2, 0) is 0 Å². The van der Waals surface area contributed by atoms with E-state index < -0.39 is 0 Å². The van der Waals surface area contributed by atoms with Gasteiger partial charge in [0.1, 0.15) is 0 Å². The molecule has 0 aliphatic carbocycles. The average molecular weight is 180 g/mol. The van der Waals surface area contributed by atoms with E-state index in [2.05, 4.69) is 36.6 Å². The molecule has 0 bridgehead atoms. The molecule has 9 heavy (non-hydrogen) atoms. The molecule has 0 aromatic rings. The van der Waals surface area contributed by atoms with E-state index in [1.807, 2.05) is 0 Å². The van der Waals surface area contributed by atoms with Gasteiger partial charge in [-0.1, -0.05) is 20.3 Å². The van der Waals surface area contributed by atoms with E-state index >= 15 is 0 Å². The fourth-order valence-corrected chi connectivity index (χ4v) is 10.3. The molecule has 0 amide bonds. The fraction of sp³-hybridized carbons (Fsp3) is 1.00. The van der Waals surface area contributed by atoms with Gasteiger partial charge in [0.2, 0.25) is 0 Å². The Bertz CT molecular complexity index is 85.1. The van der Waals surface area contributed by atoms with Gasteiger partial charge in [0.15, 0.2) is 0 Å². The summed E-state index contributed by atoms with van der Waals surface area (Å²) in [5.41, 5.74) is 0. The van der Waals surface area contributed by atoms with E-state index in [4.69, 9.17) is 0 Å². The summed E-state index contributed by atoms with van der Waals surface area (Å²) < 4.78 is 0. The van der Waals surface area contributed by atoms with Crippen LogP contribution < -0.4 is 0 Å². The Morgan fingerprint density at radius 1 is 1.67 bits per heavy atom. The highest BCUT2D eigenvalue weighted by atomic mass is 33.1. The van der Waals surface area contributed by atoms with Crippen molar-refractivity contribution >= 4 is 29.1 Å². The van der Waals surface area contributed by atoms with Crippen molar-refractivity contribution in [2.45, 2.75) is 25.5 Å². The summed E-state index contributed by atoms with van der Waals surface area (Å²) in [5.74, 6) is 1.40. The maximum atomic E-state index is 2.34. The quantitative estimate of drug-likeness (QED) is 0.596. The lowest BCUT2D eigenvalue weighted by atomic mass is 10.6. The molecular weight excluding hydrogens is 167 g/mol. The summed E-state index contributed by atoms with van der Waals surface area (Å²) >= 11 is 4.42. The highest BCUT2D eigenvalue weighted by Gasteiger charge is 2.20. The van der Waals surface area contributed by atoms with Gasteiger partial charge in [-0.15, -0.1) is 22.8 Å². The first kappa shape index (κ1) is 8.23. The summed E-state index contributed by atoms with van der Waals surface area (Å²) in [5, 5.41) is 0.938. The third-order valence-electron chi connectivity index (χ3n) is 1.16. The molecule has 0 nitrogen and oxygen atoms in total. The Morgan fingerprint density at radius 3 is 2.89 bits per heavy atom.